The molecule has 132 valence electrons. The Bertz CT molecular complexity index is 774. The van der Waals surface area contributed by atoms with Crippen LogP contribution in [0.5, 0.6) is 5.75 Å². The van der Waals surface area contributed by atoms with Gasteiger partial charge >= 0.3 is 0 Å². The summed E-state index contributed by atoms with van der Waals surface area (Å²) in [6, 6.07) is 13.0. The second-order valence-corrected chi connectivity index (χ2v) is 6.48. The fourth-order valence-electron chi connectivity index (χ4n) is 2.18. The number of aryl methyl sites for hydroxylation is 2. The summed E-state index contributed by atoms with van der Waals surface area (Å²) in [4.78, 5) is 12.4. The number of carbonyl (C=O) groups is 1. The Labute approximate surface area is 154 Å². The van der Waals surface area contributed by atoms with Gasteiger partial charge in [0, 0.05) is 11.3 Å². The number of rotatable bonds is 5. The van der Waals surface area contributed by atoms with Crippen LogP contribution < -0.4 is 15.4 Å². The van der Waals surface area contributed by atoms with Gasteiger partial charge in [-0.05, 0) is 80.9 Å². The number of anilines is 1. The zero-order valence-corrected chi connectivity index (χ0v) is 15.9. The Kier molecular flexibility index (Phi) is 6.53. The molecule has 0 bridgehead atoms. The van der Waals surface area contributed by atoms with Crippen LogP contribution in [0.25, 0.3) is 0 Å². The van der Waals surface area contributed by atoms with E-state index in [4.69, 9.17) is 17.0 Å². The van der Waals surface area contributed by atoms with Crippen LogP contribution in [0.4, 0.5) is 5.69 Å². The molecule has 0 fully saturated rings. The van der Waals surface area contributed by atoms with Crippen molar-refractivity contribution in [3.8, 4) is 5.75 Å². The van der Waals surface area contributed by atoms with Gasteiger partial charge in [0.15, 0.2) is 5.11 Å². The standard InChI is InChI=1S/C20H24N2O2S/c1-5-15(4)24-18-8-6-7-16(12-18)19(23)22-20(25)21-17-10-9-13(2)14(3)11-17/h6-12,15H,5H2,1-4H3,(H2,21,22,23,25). The summed E-state index contributed by atoms with van der Waals surface area (Å²) >= 11 is 5.24. The van der Waals surface area contributed by atoms with Gasteiger partial charge < -0.3 is 10.1 Å². The van der Waals surface area contributed by atoms with Crippen molar-refractivity contribution in [3.63, 3.8) is 0 Å². The minimum Gasteiger partial charge on any atom is -0.491 e. The van der Waals surface area contributed by atoms with Gasteiger partial charge in [0.05, 0.1) is 6.10 Å². The zero-order chi connectivity index (χ0) is 18.4. The van der Waals surface area contributed by atoms with Gasteiger partial charge in [0.25, 0.3) is 5.91 Å². The third-order valence-corrected chi connectivity index (χ3v) is 4.20. The van der Waals surface area contributed by atoms with Crippen molar-refractivity contribution in [2.45, 2.75) is 40.2 Å². The van der Waals surface area contributed by atoms with Crippen LogP contribution in [-0.2, 0) is 0 Å². The highest BCUT2D eigenvalue weighted by Gasteiger charge is 2.10. The van der Waals surface area contributed by atoms with Gasteiger partial charge in [-0.2, -0.15) is 0 Å². The minimum atomic E-state index is -0.268. The van der Waals surface area contributed by atoms with Crippen LogP contribution >= 0.6 is 12.2 Å². The SMILES string of the molecule is CCC(C)Oc1cccc(C(=O)NC(=S)Nc2ccc(C)c(C)c2)c1. The molecule has 0 aliphatic heterocycles. The Morgan fingerprint density at radius 2 is 1.92 bits per heavy atom. The summed E-state index contributed by atoms with van der Waals surface area (Å²) in [7, 11) is 0. The van der Waals surface area contributed by atoms with Crippen molar-refractivity contribution in [1.29, 1.82) is 0 Å². The number of hydrogen-bond donors (Lipinski definition) is 2. The first kappa shape index (κ1) is 18.9. The maximum atomic E-state index is 12.4. The lowest BCUT2D eigenvalue weighted by atomic mass is 10.1. The largest absolute Gasteiger partial charge is 0.491 e. The van der Waals surface area contributed by atoms with Gasteiger partial charge in [0.1, 0.15) is 5.75 Å². The van der Waals surface area contributed by atoms with Crippen molar-refractivity contribution in [2.24, 2.45) is 0 Å². The zero-order valence-electron chi connectivity index (χ0n) is 15.1. The molecule has 0 aromatic heterocycles. The van der Waals surface area contributed by atoms with Crippen molar-refractivity contribution in [2.75, 3.05) is 5.32 Å². The smallest absolute Gasteiger partial charge is 0.257 e. The molecule has 1 atom stereocenters. The minimum absolute atomic E-state index is 0.103. The fraction of sp³-hybridized carbons (Fsp3) is 0.300. The lowest BCUT2D eigenvalue weighted by molar-refractivity contribution is 0.0977. The Hall–Kier alpha value is -2.40. The predicted octanol–water partition coefficient (Wildman–Crippen LogP) is 4.61. The van der Waals surface area contributed by atoms with E-state index in [0.29, 0.717) is 11.3 Å². The number of benzene rings is 2. The molecule has 1 amide bonds. The van der Waals surface area contributed by atoms with Gasteiger partial charge in [-0.3, -0.25) is 10.1 Å². The van der Waals surface area contributed by atoms with E-state index in [1.165, 1.54) is 5.56 Å². The lowest BCUT2D eigenvalue weighted by Gasteiger charge is -2.14. The van der Waals surface area contributed by atoms with Crippen LogP contribution in [0, 0.1) is 13.8 Å². The third kappa shape index (κ3) is 5.57. The molecule has 0 spiro atoms. The van der Waals surface area contributed by atoms with Crippen molar-refractivity contribution in [1.82, 2.24) is 5.32 Å². The maximum Gasteiger partial charge on any atom is 0.257 e. The molecule has 1 unspecified atom stereocenters. The van der Waals surface area contributed by atoms with E-state index >= 15 is 0 Å². The average molecular weight is 356 g/mol. The average Bonchev–Trinajstić information content (AvgIpc) is 2.58. The molecular formula is C20H24N2O2S. The lowest BCUT2D eigenvalue weighted by Crippen LogP contribution is -2.34. The van der Waals surface area contributed by atoms with Crippen LogP contribution in [0.3, 0.4) is 0 Å². The Morgan fingerprint density at radius 1 is 1.16 bits per heavy atom. The normalized spacial score (nSPS) is 11.5. The fourth-order valence-corrected chi connectivity index (χ4v) is 2.39. The number of nitrogens with one attached hydrogen (secondary N) is 2. The van der Waals surface area contributed by atoms with Crippen molar-refractivity contribution >= 4 is 28.9 Å². The molecule has 0 heterocycles. The molecule has 25 heavy (non-hydrogen) atoms. The third-order valence-electron chi connectivity index (χ3n) is 4.00. The molecular weight excluding hydrogens is 332 g/mol. The molecule has 0 aliphatic rings. The highest BCUT2D eigenvalue weighted by atomic mass is 32.1. The molecule has 2 aromatic carbocycles. The first-order valence-electron chi connectivity index (χ1n) is 8.35. The molecule has 2 aromatic rings. The van der Waals surface area contributed by atoms with Crippen LogP contribution in [0.2, 0.25) is 0 Å². The van der Waals surface area contributed by atoms with Gasteiger partial charge in [-0.15, -0.1) is 0 Å². The second kappa shape index (κ2) is 8.62. The van der Waals surface area contributed by atoms with Gasteiger partial charge in [0.2, 0.25) is 0 Å². The second-order valence-electron chi connectivity index (χ2n) is 6.07. The van der Waals surface area contributed by atoms with E-state index in [0.717, 1.165) is 17.7 Å². The van der Waals surface area contributed by atoms with Crippen molar-refractivity contribution in [3.05, 3.63) is 59.2 Å². The van der Waals surface area contributed by atoms with Crippen LogP contribution in [0.1, 0.15) is 41.8 Å². The van der Waals surface area contributed by atoms with E-state index in [1.54, 1.807) is 18.2 Å². The molecule has 0 saturated carbocycles. The predicted molar refractivity (Wildman–Crippen MR) is 106 cm³/mol. The van der Waals surface area contributed by atoms with E-state index < -0.39 is 0 Å². The summed E-state index contributed by atoms with van der Waals surface area (Å²) in [5, 5.41) is 6.00. The molecule has 2 rings (SSSR count). The quantitative estimate of drug-likeness (QED) is 0.768. The van der Waals surface area contributed by atoms with Crippen molar-refractivity contribution < 1.29 is 9.53 Å². The highest BCUT2D eigenvalue weighted by Crippen LogP contribution is 2.16. The van der Waals surface area contributed by atoms with E-state index in [2.05, 4.69) is 17.6 Å². The monoisotopic (exact) mass is 356 g/mol. The summed E-state index contributed by atoms with van der Waals surface area (Å²) in [5.74, 6) is 0.408. The van der Waals surface area contributed by atoms with E-state index in [1.807, 2.05) is 45.0 Å². The number of hydrogen-bond acceptors (Lipinski definition) is 3. The molecule has 5 heteroatoms. The first-order valence-corrected chi connectivity index (χ1v) is 8.76. The highest BCUT2D eigenvalue weighted by molar-refractivity contribution is 7.80. The molecule has 0 aliphatic carbocycles. The maximum absolute atomic E-state index is 12.4. The molecule has 0 saturated heterocycles. The number of ether oxygens (including phenoxy) is 1. The van der Waals surface area contributed by atoms with Gasteiger partial charge in [-0.25, -0.2) is 0 Å². The first-order chi connectivity index (χ1) is 11.9. The molecule has 0 radical (unpaired) electrons. The van der Waals surface area contributed by atoms with Gasteiger partial charge in [-0.1, -0.05) is 19.1 Å². The van der Waals surface area contributed by atoms with Crippen LogP contribution in [0.15, 0.2) is 42.5 Å². The van der Waals surface area contributed by atoms with Crippen LogP contribution in [-0.4, -0.2) is 17.1 Å². The number of carbonyl (C=O) groups excluding carboxylic acids is 1. The van der Waals surface area contributed by atoms with E-state index in [-0.39, 0.29) is 17.1 Å². The topological polar surface area (TPSA) is 50.4 Å². The number of thiocarbonyl (C=S) groups is 1. The summed E-state index contributed by atoms with van der Waals surface area (Å²) in [6.45, 7) is 8.13. The Balaban J connectivity index is 2.00. The summed E-state index contributed by atoms with van der Waals surface area (Å²) < 4.78 is 5.75. The number of amides is 1. The molecule has 2 N–H and O–H groups in total. The van der Waals surface area contributed by atoms with E-state index in [9.17, 15) is 4.79 Å². The Morgan fingerprint density at radius 3 is 2.60 bits per heavy atom. The summed E-state index contributed by atoms with van der Waals surface area (Å²) in [5.41, 5.74) is 3.72. The molecule has 4 nitrogen and oxygen atoms in total. The summed E-state index contributed by atoms with van der Waals surface area (Å²) in [6.07, 6.45) is 1.01.